The molecule has 0 saturated carbocycles. The van der Waals surface area contributed by atoms with E-state index >= 15 is 0 Å². The van der Waals surface area contributed by atoms with Crippen LogP contribution in [0, 0.1) is 0 Å². The normalized spacial score (nSPS) is 33.3. The Hall–Kier alpha value is -4.11. The SMILES string of the molecule is C[C@H]1O[C@H](O[C@H]2[C@H](Oc3cc(O)c4c(c3)O[C@H](c3ccc(O)cc3)CC4=O)O[C@H](COC(=O)C[C@@](C)(O)CC(=O)O)[C@@H](O)[C@@H]2O)[C@@H](O)[C@@H](O)[C@@H]1O. The van der Waals surface area contributed by atoms with Gasteiger partial charge >= 0.3 is 11.9 Å². The van der Waals surface area contributed by atoms with E-state index < -0.39 is 116 Å². The summed E-state index contributed by atoms with van der Waals surface area (Å²) in [6.07, 6.45) is -19.1. The van der Waals surface area contributed by atoms with Crippen molar-refractivity contribution in [3.63, 3.8) is 0 Å². The van der Waals surface area contributed by atoms with Crippen LogP contribution >= 0.6 is 0 Å². The molecule has 18 nitrogen and oxygen atoms in total. The Kier molecular flexibility index (Phi) is 11.4. The van der Waals surface area contributed by atoms with Crippen LogP contribution in [0.4, 0.5) is 0 Å². The van der Waals surface area contributed by atoms with E-state index in [0.29, 0.717) is 5.56 Å². The lowest BCUT2D eigenvalue weighted by molar-refractivity contribution is -0.354. The highest BCUT2D eigenvalue weighted by Gasteiger charge is 2.51. The Morgan fingerprint density at radius 1 is 0.902 bits per heavy atom. The maximum Gasteiger partial charge on any atom is 0.308 e. The van der Waals surface area contributed by atoms with Crippen molar-refractivity contribution >= 4 is 17.7 Å². The van der Waals surface area contributed by atoms with Crippen LogP contribution in [-0.4, -0.2) is 137 Å². The van der Waals surface area contributed by atoms with Crippen molar-refractivity contribution in [3.8, 4) is 23.0 Å². The van der Waals surface area contributed by atoms with Crippen molar-refractivity contribution in [1.82, 2.24) is 0 Å². The quantitative estimate of drug-likeness (QED) is 0.126. The molecule has 0 aliphatic carbocycles. The highest BCUT2D eigenvalue weighted by atomic mass is 16.8. The number of benzene rings is 2. The number of carboxylic acid groups (broad SMARTS) is 1. The van der Waals surface area contributed by atoms with Crippen molar-refractivity contribution in [3.05, 3.63) is 47.5 Å². The molecule has 280 valence electrons. The Bertz CT molecular complexity index is 1580. The van der Waals surface area contributed by atoms with E-state index in [2.05, 4.69) is 0 Å². The third kappa shape index (κ3) is 8.68. The van der Waals surface area contributed by atoms with E-state index in [1.165, 1.54) is 25.1 Å². The summed E-state index contributed by atoms with van der Waals surface area (Å²) in [5, 5.41) is 92.7. The first-order valence-electron chi connectivity index (χ1n) is 15.9. The summed E-state index contributed by atoms with van der Waals surface area (Å²) in [5.74, 6) is -3.74. The number of Topliss-reactive ketones (excluding diaryl/α,β-unsaturated/α-hetero) is 1. The average molecular weight is 725 g/mol. The summed E-state index contributed by atoms with van der Waals surface area (Å²) in [6.45, 7) is 1.76. The lowest BCUT2D eigenvalue weighted by atomic mass is 9.95. The number of rotatable bonds is 11. The highest BCUT2D eigenvalue weighted by Crippen LogP contribution is 2.43. The topological polar surface area (TPSA) is 289 Å². The number of ketones is 1. The first kappa shape index (κ1) is 38.1. The molecule has 51 heavy (non-hydrogen) atoms. The third-order valence-corrected chi connectivity index (χ3v) is 8.70. The lowest BCUT2D eigenvalue weighted by Gasteiger charge is -2.45. The molecule has 5 rings (SSSR count). The average Bonchev–Trinajstić information content (AvgIpc) is 3.04. The molecule has 2 saturated heterocycles. The Balaban J connectivity index is 1.39. The molecule has 12 atom stereocenters. The molecular formula is C33H40O18. The van der Waals surface area contributed by atoms with Crippen LogP contribution < -0.4 is 9.47 Å². The minimum absolute atomic E-state index is 0.00408. The van der Waals surface area contributed by atoms with Crippen LogP contribution in [0.25, 0.3) is 0 Å². The maximum atomic E-state index is 13.0. The molecule has 3 heterocycles. The van der Waals surface area contributed by atoms with Gasteiger partial charge in [0.15, 0.2) is 18.2 Å². The number of carbonyl (C=O) groups excluding carboxylic acids is 2. The predicted octanol–water partition coefficient (Wildman–Crippen LogP) is -0.998. The van der Waals surface area contributed by atoms with Gasteiger partial charge in [-0.25, -0.2) is 0 Å². The largest absolute Gasteiger partial charge is 0.508 e. The van der Waals surface area contributed by atoms with E-state index in [9.17, 15) is 55.2 Å². The standard InChI is InChI=1S/C33H40O18/c1-13-25(40)27(42)29(44)31(47-13)51-30-28(43)26(41)21(12-46-23(39)11-33(2,45)10-22(37)38)50-32(30)48-16-7-17(35)24-18(36)9-19(49-20(24)8-16)14-3-5-15(34)6-4-14/h3-8,13,19,21,25-32,34-35,40-45H,9-12H2,1-2H3,(H,37,38)/t13-,19+,21-,25-,26-,27+,28+,29+,30-,31-,32-,33+/m1/s1. The number of esters is 1. The molecule has 0 unspecified atom stereocenters. The summed E-state index contributed by atoms with van der Waals surface area (Å²) in [5.41, 5.74) is -1.56. The number of phenolic OH excluding ortho intramolecular Hbond substituents is 2. The molecular weight excluding hydrogens is 684 g/mol. The molecule has 3 aliphatic heterocycles. The molecule has 0 amide bonds. The number of aliphatic carboxylic acids is 1. The van der Waals surface area contributed by atoms with E-state index in [1.54, 1.807) is 12.1 Å². The molecule has 18 heteroatoms. The summed E-state index contributed by atoms with van der Waals surface area (Å²) in [7, 11) is 0. The lowest BCUT2D eigenvalue weighted by Crippen LogP contribution is -2.64. The molecule has 2 aromatic carbocycles. The van der Waals surface area contributed by atoms with Crippen molar-refractivity contribution in [2.24, 2.45) is 0 Å². The van der Waals surface area contributed by atoms with Gasteiger partial charge in [-0.1, -0.05) is 12.1 Å². The zero-order valence-corrected chi connectivity index (χ0v) is 27.3. The summed E-state index contributed by atoms with van der Waals surface area (Å²) >= 11 is 0. The van der Waals surface area contributed by atoms with Gasteiger partial charge in [-0.2, -0.15) is 0 Å². The molecule has 2 fully saturated rings. The van der Waals surface area contributed by atoms with Crippen LogP contribution in [0.2, 0.25) is 0 Å². The smallest absolute Gasteiger partial charge is 0.308 e. The number of aliphatic hydroxyl groups is 6. The fourth-order valence-corrected chi connectivity index (χ4v) is 5.98. The second-order valence-corrected chi connectivity index (χ2v) is 13.0. The van der Waals surface area contributed by atoms with Crippen LogP contribution in [0.15, 0.2) is 36.4 Å². The molecule has 3 aliphatic rings. The fraction of sp³-hybridized carbons (Fsp3) is 0.545. The van der Waals surface area contributed by atoms with Gasteiger partial charge in [0.2, 0.25) is 6.29 Å². The van der Waals surface area contributed by atoms with Crippen LogP contribution in [0.5, 0.6) is 23.0 Å². The van der Waals surface area contributed by atoms with Gasteiger partial charge in [-0.05, 0) is 31.5 Å². The number of carboxylic acids is 1. The monoisotopic (exact) mass is 724 g/mol. The predicted molar refractivity (Wildman–Crippen MR) is 166 cm³/mol. The number of carbonyl (C=O) groups is 3. The van der Waals surface area contributed by atoms with Crippen molar-refractivity contribution in [2.45, 2.75) is 106 Å². The first-order valence-corrected chi connectivity index (χ1v) is 15.9. The number of fused-ring (bicyclic) bond motifs is 1. The third-order valence-electron chi connectivity index (χ3n) is 8.70. The van der Waals surface area contributed by atoms with E-state index in [1.807, 2.05) is 0 Å². The zero-order chi connectivity index (χ0) is 37.4. The zero-order valence-electron chi connectivity index (χ0n) is 27.3. The fourth-order valence-electron chi connectivity index (χ4n) is 5.98. The van der Waals surface area contributed by atoms with Gasteiger partial charge < -0.3 is 74.4 Å². The molecule has 9 N–H and O–H groups in total. The number of hydrogen-bond acceptors (Lipinski definition) is 17. The Morgan fingerprint density at radius 2 is 1.59 bits per heavy atom. The Morgan fingerprint density at radius 3 is 2.25 bits per heavy atom. The van der Waals surface area contributed by atoms with E-state index in [0.717, 1.165) is 13.0 Å². The second-order valence-electron chi connectivity index (χ2n) is 13.0. The molecule has 2 aromatic rings. The van der Waals surface area contributed by atoms with Gasteiger partial charge in [0.25, 0.3) is 0 Å². The highest BCUT2D eigenvalue weighted by molar-refractivity contribution is 6.02. The van der Waals surface area contributed by atoms with Gasteiger partial charge in [-0.15, -0.1) is 0 Å². The minimum atomic E-state index is -1.96. The first-order chi connectivity index (χ1) is 23.9. The maximum absolute atomic E-state index is 13.0. The number of ether oxygens (including phenoxy) is 6. The number of hydrogen-bond donors (Lipinski definition) is 9. The van der Waals surface area contributed by atoms with Crippen molar-refractivity contribution in [2.75, 3.05) is 6.61 Å². The number of phenols is 2. The number of aliphatic hydroxyl groups excluding tert-OH is 5. The Labute approximate surface area is 289 Å². The number of aromatic hydroxyl groups is 2. The molecule has 0 spiro atoms. The van der Waals surface area contributed by atoms with E-state index in [-0.39, 0.29) is 29.2 Å². The molecule has 0 radical (unpaired) electrons. The van der Waals surface area contributed by atoms with Crippen molar-refractivity contribution in [1.29, 1.82) is 0 Å². The second kappa shape index (κ2) is 15.2. The van der Waals surface area contributed by atoms with Crippen LogP contribution in [0.1, 0.15) is 55.1 Å². The molecule has 0 aromatic heterocycles. The van der Waals surface area contributed by atoms with Crippen LogP contribution in [-0.2, 0) is 28.5 Å². The van der Waals surface area contributed by atoms with Gasteiger partial charge in [0, 0.05) is 12.1 Å². The van der Waals surface area contributed by atoms with Gasteiger partial charge in [0.1, 0.15) is 77.9 Å². The van der Waals surface area contributed by atoms with Crippen molar-refractivity contribution < 1.29 is 88.8 Å². The summed E-state index contributed by atoms with van der Waals surface area (Å²) in [4.78, 5) is 36.5. The minimum Gasteiger partial charge on any atom is -0.508 e. The summed E-state index contributed by atoms with van der Waals surface area (Å²) < 4.78 is 34.1. The van der Waals surface area contributed by atoms with Crippen LogP contribution in [0.3, 0.4) is 0 Å². The summed E-state index contributed by atoms with van der Waals surface area (Å²) in [6, 6.07) is 8.23. The van der Waals surface area contributed by atoms with Gasteiger partial charge in [-0.3, -0.25) is 14.4 Å². The van der Waals surface area contributed by atoms with Gasteiger partial charge in [0.05, 0.1) is 31.0 Å². The van der Waals surface area contributed by atoms with E-state index in [4.69, 9.17) is 33.5 Å². The molecule has 0 bridgehead atoms.